The molecule has 0 saturated heterocycles. The molecule has 0 spiro atoms. The number of carbonyl (C=O) groups excluding carboxylic acids is 1. The van der Waals surface area contributed by atoms with Crippen LogP contribution < -0.4 is 4.74 Å². The number of para-hydroxylation sites is 1. The molecule has 0 bridgehead atoms. The second-order valence-corrected chi connectivity index (χ2v) is 2.67. The maximum atomic E-state index is 13.2. The van der Waals surface area contributed by atoms with E-state index in [2.05, 4.69) is 5.92 Å². The van der Waals surface area contributed by atoms with Gasteiger partial charge in [0.25, 0.3) is 0 Å². The van der Waals surface area contributed by atoms with Crippen LogP contribution in [0.3, 0.4) is 0 Å². The molecule has 0 amide bonds. The Bertz CT molecular complexity index is 391. The molecule has 0 heterocycles. The number of benzene rings is 1. The molecule has 14 heavy (non-hydrogen) atoms. The summed E-state index contributed by atoms with van der Waals surface area (Å²) in [7, 11) is 0. The Balaban J connectivity index is 3.10. The Labute approximate surface area is 81.7 Å². The Morgan fingerprint density at radius 2 is 2.36 bits per heavy atom. The van der Waals surface area contributed by atoms with Crippen molar-refractivity contribution in [2.24, 2.45) is 0 Å². The van der Waals surface area contributed by atoms with Crippen molar-refractivity contribution in [2.45, 2.75) is 6.92 Å². The molecule has 0 aliphatic carbocycles. The van der Waals surface area contributed by atoms with Gasteiger partial charge in [-0.15, -0.1) is 6.42 Å². The average Bonchev–Trinajstić information content (AvgIpc) is 2.15. The van der Waals surface area contributed by atoms with Gasteiger partial charge in [-0.3, -0.25) is 4.79 Å². The number of hydrogen-bond acceptors (Lipinski definition) is 2. The standard InChI is InChI=1S/C11H9FO2/c1-3-7-14-11-9(8(2)13)5-4-6-10(11)12/h1,4-6H,7H2,2H3. The van der Waals surface area contributed by atoms with Crippen LogP contribution in [0.25, 0.3) is 0 Å². The van der Waals surface area contributed by atoms with E-state index in [-0.39, 0.29) is 23.7 Å². The van der Waals surface area contributed by atoms with E-state index < -0.39 is 5.82 Å². The normalized spacial score (nSPS) is 9.21. The van der Waals surface area contributed by atoms with Crippen molar-refractivity contribution >= 4 is 5.78 Å². The number of hydrogen-bond donors (Lipinski definition) is 0. The predicted molar refractivity (Wildman–Crippen MR) is 50.7 cm³/mol. The van der Waals surface area contributed by atoms with Gasteiger partial charge >= 0.3 is 0 Å². The first-order chi connectivity index (χ1) is 6.66. The number of carbonyl (C=O) groups is 1. The van der Waals surface area contributed by atoms with Gasteiger partial charge in [0.2, 0.25) is 0 Å². The zero-order chi connectivity index (χ0) is 10.6. The maximum Gasteiger partial charge on any atom is 0.167 e. The van der Waals surface area contributed by atoms with Crippen molar-refractivity contribution in [3.05, 3.63) is 29.6 Å². The Hall–Kier alpha value is -1.82. The molecule has 3 heteroatoms. The number of ketones is 1. The highest BCUT2D eigenvalue weighted by Crippen LogP contribution is 2.22. The summed E-state index contributed by atoms with van der Waals surface area (Å²) in [5.41, 5.74) is 0.209. The lowest BCUT2D eigenvalue weighted by molar-refractivity contribution is 0.101. The number of terminal acetylenes is 1. The third-order valence-electron chi connectivity index (χ3n) is 1.65. The molecule has 0 N–H and O–H groups in total. The fourth-order valence-electron chi connectivity index (χ4n) is 1.05. The van der Waals surface area contributed by atoms with Gasteiger partial charge in [-0.05, 0) is 19.1 Å². The van der Waals surface area contributed by atoms with E-state index in [0.29, 0.717) is 0 Å². The zero-order valence-corrected chi connectivity index (χ0v) is 7.71. The van der Waals surface area contributed by atoms with Crippen LogP contribution in [0.15, 0.2) is 18.2 Å². The molecule has 72 valence electrons. The summed E-state index contributed by atoms with van der Waals surface area (Å²) in [6.07, 6.45) is 4.97. The fourth-order valence-corrected chi connectivity index (χ4v) is 1.05. The maximum absolute atomic E-state index is 13.2. The molecule has 0 aromatic heterocycles. The summed E-state index contributed by atoms with van der Waals surface area (Å²) < 4.78 is 18.1. The molecule has 1 aromatic carbocycles. The molecule has 0 atom stereocenters. The molecular formula is C11H9FO2. The molecule has 0 fully saturated rings. The first-order valence-electron chi connectivity index (χ1n) is 4.02. The van der Waals surface area contributed by atoms with Crippen molar-refractivity contribution in [3.8, 4) is 18.1 Å². The van der Waals surface area contributed by atoms with Crippen LogP contribution in [0, 0.1) is 18.2 Å². The van der Waals surface area contributed by atoms with Crippen LogP contribution in [-0.2, 0) is 0 Å². The summed E-state index contributed by atoms with van der Waals surface area (Å²) in [6.45, 7) is 1.29. The predicted octanol–water partition coefficient (Wildman–Crippen LogP) is 2.04. The van der Waals surface area contributed by atoms with Crippen molar-refractivity contribution in [1.82, 2.24) is 0 Å². The van der Waals surface area contributed by atoms with Crippen molar-refractivity contribution in [1.29, 1.82) is 0 Å². The van der Waals surface area contributed by atoms with Gasteiger partial charge in [0.15, 0.2) is 17.3 Å². The van der Waals surface area contributed by atoms with E-state index in [4.69, 9.17) is 11.2 Å². The van der Waals surface area contributed by atoms with Gasteiger partial charge in [0, 0.05) is 0 Å². The van der Waals surface area contributed by atoms with Crippen molar-refractivity contribution in [3.63, 3.8) is 0 Å². The molecule has 0 radical (unpaired) electrons. The van der Waals surface area contributed by atoms with Gasteiger partial charge in [-0.1, -0.05) is 12.0 Å². The average molecular weight is 192 g/mol. The van der Waals surface area contributed by atoms with E-state index in [1.54, 1.807) is 0 Å². The van der Waals surface area contributed by atoms with E-state index in [9.17, 15) is 9.18 Å². The van der Waals surface area contributed by atoms with Gasteiger partial charge in [0.1, 0.15) is 6.61 Å². The Morgan fingerprint density at radius 3 is 2.93 bits per heavy atom. The summed E-state index contributed by atoms with van der Waals surface area (Å²) in [4.78, 5) is 11.1. The smallest absolute Gasteiger partial charge is 0.167 e. The summed E-state index contributed by atoms with van der Waals surface area (Å²) in [6, 6.07) is 4.17. The third-order valence-corrected chi connectivity index (χ3v) is 1.65. The second kappa shape index (κ2) is 4.43. The summed E-state index contributed by atoms with van der Waals surface area (Å²) in [5.74, 6) is 1.31. The Morgan fingerprint density at radius 1 is 1.64 bits per heavy atom. The largest absolute Gasteiger partial charge is 0.477 e. The minimum atomic E-state index is -0.576. The number of ether oxygens (including phenoxy) is 1. The Kier molecular flexibility index (Phi) is 3.24. The molecule has 0 unspecified atom stereocenters. The highest BCUT2D eigenvalue weighted by Gasteiger charge is 2.12. The lowest BCUT2D eigenvalue weighted by atomic mass is 10.1. The van der Waals surface area contributed by atoms with Crippen LogP contribution >= 0.6 is 0 Å². The highest BCUT2D eigenvalue weighted by atomic mass is 19.1. The van der Waals surface area contributed by atoms with Gasteiger partial charge in [-0.2, -0.15) is 0 Å². The van der Waals surface area contributed by atoms with Crippen LogP contribution in [-0.4, -0.2) is 12.4 Å². The lowest BCUT2D eigenvalue weighted by Crippen LogP contribution is -2.03. The van der Waals surface area contributed by atoms with Crippen LogP contribution in [0.5, 0.6) is 5.75 Å². The molecule has 0 aliphatic heterocycles. The highest BCUT2D eigenvalue weighted by molar-refractivity contribution is 5.96. The van der Waals surface area contributed by atoms with Crippen LogP contribution in [0.1, 0.15) is 17.3 Å². The van der Waals surface area contributed by atoms with Crippen molar-refractivity contribution < 1.29 is 13.9 Å². The van der Waals surface area contributed by atoms with Crippen LogP contribution in [0.4, 0.5) is 4.39 Å². The van der Waals surface area contributed by atoms with E-state index in [1.807, 2.05) is 0 Å². The van der Waals surface area contributed by atoms with Crippen molar-refractivity contribution in [2.75, 3.05) is 6.61 Å². The SMILES string of the molecule is C#CCOc1c(F)cccc1C(C)=O. The molecule has 2 nitrogen and oxygen atoms in total. The number of rotatable bonds is 3. The fraction of sp³-hybridized carbons (Fsp3) is 0.182. The topological polar surface area (TPSA) is 26.3 Å². The molecular weight excluding hydrogens is 183 g/mol. The lowest BCUT2D eigenvalue weighted by Gasteiger charge is -2.07. The summed E-state index contributed by atoms with van der Waals surface area (Å²) in [5, 5.41) is 0. The number of Topliss-reactive ketones (excluding diaryl/α,β-unsaturated/α-hetero) is 1. The van der Waals surface area contributed by atoms with E-state index >= 15 is 0 Å². The van der Waals surface area contributed by atoms with E-state index in [0.717, 1.165) is 0 Å². The minimum Gasteiger partial charge on any atom is -0.477 e. The first kappa shape index (κ1) is 10.3. The molecule has 1 rings (SSSR count). The summed E-state index contributed by atoms with van der Waals surface area (Å²) >= 11 is 0. The zero-order valence-electron chi connectivity index (χ0n) is 7.71. The van der Waals surface area contributed by atoms with Gasteiger partial charge in [0.05, 0.1) is 5.56 Å². The molecule has 0 aliphatic rings. The molecule has 1 aromatic rings. The van der Waals surface area contributed by atoms with Gasteiger partial charge < -0.3 is 4.74 Å². The van der Waals surface area contributed by atoms with Crippen LogP contribution in [0.2, 0.25) is 0 Å². The third kappa shape index (κ3) is 2.11. The minimum absolute atomic E-state index is 0.0544. The first-order valence-corrected chi connectivity index (χ1v) is 4.02. The quantitative estimate of drug-likeness (QED) is 0.541. The monoisotopic (exact) mass is 192 g/mol. The van der Waals surface area contributed by atoms with E-state index in [1.165, 1.54) is 25.1 Å². The van der Waals surface area contributed by atoms with Gasteiger partial charge in [-0.25, -0.2) is 4.39 Å². The molecule has 0 saturated carbocycles. The second-order valence-electron chi connectivity index (χ2n) is 2.67. The number of halogens is 1.